The summed E-state index contributed by atoms with van der Waals surface area (Å²) in [4.78, 5) is 14.7. The number of nitrogens with zero attached hydrogens (tertiary/aromatic N) is 1. The number of hydrogen-bond acceptors (Lipinski definition) is 3. The number of likely N-dealkylation sites (tertiary alicyclic amines) is 1. The Hall–Kier alpha value is -1.59. The number of amides is 2. The van der Waals surface area contributed by atoms with E-state index in [0.29, 0.717) is 12.6 Å². The van der Waals surface area contributed by atoms with Crippen LogP contribution < -0.4 is 10.6 Å². The second-order valence-corrected chi connectivity index (χ2v) is 7.17. The van der Waals surface area contributed by atoms with Gasteiger partial charge in [-0.15, -0.1) is 0 Å². The first kappa shape index (κ1) is 18.2. The van der Waals surface area contributed by atoms with E-state index in [1.54, 1.807) is 7.11 Å². The summed E-state index contributed by atoms with van der Waals surface area (Å²) in [7, 11) is 1.79. The predicted octanol–water partition coefficient (Wildman–Crippen LogP) is 2.86. The molecule has 25 heavy (non-hydrogen) atoms. The topological polar surface area (TPSA) is 53.6 Å². The van der Waals surface area contributed by atoms with E-state index in [-0.39, 0.29) is 12.1 Å². The first-order chi connectivity index (χ1) is 12.3. The highest BCUT2D eigenvalue weighted by Gasteiger charge is 2.21. The molecule has 1 heterocycles. The van der Waals surface area contributed by atoms with Crippen molar-refractivity contribution in [1.29, 1.82) is 0 Å². The number of carbonyl (C=O) groups is 1. The number of urea groups is 1. The van der Waals surface area contributed by atoms with Crippen molar-refractivity contribution in [3.63, 3.8) is 0 Å². The van der Waals surface area contributed by atoms with Crippen LogP contribution in [-0.2, 0) is 11.2 Å². The van der Waals surface area contributed by atoms with E-state index in [2.05, 4.69) is 39.8 Å². The van der Waals surface area contributed by atoms with Crippen molar-refractivity contribution in [3.05, 3.63) is 35.4 Å². The SMILES string of the molecule is COC1CCN(CCNC(=O)NC2CCCCc3ccccc32)CC1. The first-order valence-corrected chi connectivity index (χ1v) is 9.63. The van der Waals surface area contributed by atoms with Crippen LogP contribution in [0.25, 0.3) is 0 Å². The smallest absolute Gasteiger partial charge is 0.315 e. The van der Waals surface area contributed by atoms with Crippen molar-refractivity contribution in [2.24, 2.45) is 0 Å². The van der Waals surface area contributed by atoms with E-state index in [0.717, 1.165) is 51.7 Å². The number of carbonyl (C=O) groups excluding carboxylic acids is 1. The Labute approximate surface area is 151 Å². The zero-order chi connectivity index (χ0) is 17.5. The molecule has 1 saturated heterocycles. The molecule has 0 saturated carbocycles. The Morgan fingerprint density at radius 3 is 2.80 bits per heavy atom. The molecule has 5 heteroatoms. The fourth-order valence-electron chi connectivity index (χ4n) is 3.98. The Kier molecular flexibility index (Phi) is 6.70. The van der Waals surface area contributed by atoms with E-state index in [9.17, 15) is 4.79 Å². The lowest BCUT2D eigenvalue weighted by molar-refractivity contribution is 0.0416. The number of nitrogens with one attached hydrogen (secondary N) is 2. The molecular weight excluding hydrogens is 314 g/mol. The average molecular weight is 345 g/mol. The molecule has 1 atom stereocenters. The van der Waals surface area contributed by atoms with Crippen LogP contribution in [0.15, 0.2) is 24.3 Å². The predicted molar refractivity (Wildman–Crippen MR) is 99.7 cm³/mol. The lowest BCUT2D eigenvalue weighted by Gasteiger charge is -2.31. The summed E-state index contributed by atoms with van der Waals surface area (Å²) >= 11 is 0. The number of aryl methyl sites for hydroxylation is 1. The Bertz CT molecular complexity index is 556. The third-order valence-corrected chi connectivity index (χ3v) is 5.51. The van der Waals surface area contributed by atoms with Crippen molar-refractivity contribution < 1.29 is 9.53 Å². The summed E-state index contributed by atoms with van der Waals surface area (Å²) in [5.41, 5.74) is 2.67. The largest absolute Gasteiger partial charge is 0.381 e. The van der Waals surface area contributed by atoms with E-state index >= 15 is 0 Å². The van der Waals surface area contributed by atoms with E-state index in [1.165, 1.54) is 17.5 Å². The molecule has 1 aliphatic carbocycles. The van der Waals surface area contributed by atoms with Crippen LogP contribution in [0.1, 0.15) is 49.3 Å². The van der Waals surface area contributed by atoms with Gasteiger partial charge in [-0.25, -0.2) is 4.79 Å². The van der Waals surface area contributed by atoms with Crippen LogP contribution in [-0.4, -0.2) is 50.3 Å². The monoisotopic (exact) mass is 345 g/mol. The van der Waals surface area contributed by atoms with Gasteiger partial charge < -0.3 is 20.3 Å². The minimum absolute atomic E-state index is 0.0477. The van der Waals surface area contributed by atoms with Crippen LogP contribution in [0, 0.1) is 0 Å². The maximum atomic E-state index is 12.3. The number of piperidine rings is 1. The molecule has 1 aromatic carbocycles. The van der Waals surface area contributed by atoms with Gasteiger partial charge in [-0.2, -0.15) is 0 Å². The summed E-state index contributed by atoms with van der Waals surface area (Å²) in [5.74, 6) is 0. The number of fused-ring (bicyclic) bond motifs is 1. The Morgan fingerprint density at radius 1 is 1.20 bits per heavy atom. The highest BCUT2D eigenvalue weighted by Crippen LogP contribution is 2.28. The maximum absolute atomic E-state index is 12.3. The summed E-state index contributed by atoms with van der Waals surface area (Å²) in [6.07, 6.45) is 7.08. The number of ether oxygens (including phenoxy) is 1. The van der Waals surface area contributed by atoms with Crippen molar-refractivity contribution in [2.45, 2.75) is 50.7 Å². The normalized spacial score (nSPS) is 22.0. The van der Waals surface area contributed by atoms with Gasteiger partial charge in [0.15, 0.2) is 0 Å². The fourth-order valence-corrected chi connectivity index (χ4v) is 3.98. The lowest BCUT2D eigenvalue weighted by atomic mass is 9.99. The minimum atomic E-state index is -0.0477. The van der Waals surface area contributed by atoms with Gasteiger partial charge in [0.25, 0.3) is 0 Å². The molecule has 3 rings (SSSR count). The first-order valence-electron chi connectivity index (χ1n) is 9.63. The highest BCUT2D eigenvalue weighted by molar-refractivity contribution is 5.74. The van der Waals surface area contributed by atoms with Crippen LogP contribution in [0.2, 0.25) is 0 Å². The van der Waals surface area contributed by atoms with Gasteiger partial charge in [0.05, 0.1) is 12.1 Å². The zero-order valence-electron chi connectivity index (χ0n) is 15.3. The summed E-state index contributed by atoms with van der Waals surface area (Å²) in [6.45, 7) is 3.71. The number of benzene rings is 1. The van der Waals surface area contributed by atoms with Crippen molar-refractivity contribution in [2.75, 3.05) is 33.3 Å². The van der Waals surface area contributed by atoms with Gasteiger partial charge in [-0.05, 0) is 43.2 Å². The minimum Gasteiger partial charge on any atom is -0.381 e. The standard InChI is InChI=1S/C20H31N3O2/c1-25-17-10-13-23(14-11-17)15-12-21-20(24)22-19-9-5-3-7-16-6-2-4-8-18(16)19/h2,4,6,8,17,19H,3,5,7,9-15H2,1H3,(H2,21,22,24). The molecule has 5 nitrogen and oxygen atoms in total. The fraction of sp³-hybridized carbons (Fsp3) is 0.650. The van der Waals surface area contributed by atoms with Crippen LogP contribution >= 0.6 is 0 Å². The van der Waals surface area contributed by atoms with Crippen LogP contribution in [0.4, 0.5) is 4.79 Å². The van der Waals surface area contributed by atoms with Gasteiger partial charge in [0, 0.05) is 33.3 Å². The third-order valence-electron chi connectivity index (χ3n) is 5.51. The van der Waals surface area contributed by atoms with Crippen molar-refractivity contribution in [3.8, 4) is 0 Å². The third kappa shape index (κ3) is 5.19. The second kappa shape index (κ2) is 9.20. The van der Waals surface area contributed by atoms with Crippen LogP contribution in [0.5, 0.6) is 0 Å². The molecule has 1 aromatic rings. The molecule has 0 aromatic heterocycles. The maximum Gasteiger partial charge on any atom is 0.315 e. The van der Waals surface area contributed by atoms with Crippen molar-refractivity contribution in [1.82, 2.24) is 15.5 Å². The van der Waals surface area contributed by atoms with Gasteiger partial charge >= 0.3 is 6.03 Å². The Morgan fingerprint density at radius 2 is 2.00 bits per heavy atom. The molecule has 1 unspecified atom stereocenters. The molecular formula is C20H31N3O2. The van der Waals surface area contributed by atoms with Gasteiger partial charge in [-0.3, -0.25) is 0 Å². The Balaban J connectivity index is 1.42. The summed E-state index contributed by atoms with van der Waals surface area (Å²) in [6, 6.07) is 8.60. The molecule has 2 aliphatic rings. The molecule has 1 fully saturated rings. The summed E-state index contributed by atoms with van der Waals surface area (Å²) < 4.78 is 5.40. The molecule has 0 spiro atoms. The average Bonchev–Trinajstić information content (AvgIpc) is 2.85. The molecule has 0 bridgehead atoms. The quantitative estimate of drug-likeness (QED) is 0.807. The van der Waals surface area contributed by atoms with Crippen LogP contribution in [0.3, 0.4) is 0 Å². The second-order valence-electron chi connectivity index (χ2n) is 7.17. The zero-order valence-corrected chi connectivity index (χ0v) is 15.3. The van der Waals surface area contributed by atoms with E-state index in [4.69, 9.17) is 4.74 Å². The molecule has 1 aliphatic heterocycles. The molecule has 138 valence electrons. The van der Waals surface area contributed by atoms with Crippen molar-refractivity contribution >= 4 is 6.03 Å². The number of hydrogen-bond donors (Lipinski definition) is 2. The van der Waals surface area contributed by atoms with Gasteiger partial charge in [0.1, 0.15) is 0 Å². The summed E-state index contributed by atoms with van der Waals surface area (Å²) in [5, 5.41) is 6.21. The molecule has 0 radical (unpaired) electrons. The van der Waals surface area contributed by atoms with E-state index < -0.39 is 0 Å². The highest BCUT2D eigenvalue weighted by atomic mass is 16.5. The van der Waals surface area contributed by atoms with Gasteiger partial charge in [0.2, 0.25) is 0 Å². The number of methoxy groups -OCH3 is 1. The molecule has 2 amide bonds. The van der Waals surface area contributed by atoms with Gasteiger partial charge in [-0.1, -0.05) is 30.7 Å². The van der Waals surface area contributed by atoms with E-state index in [1.807, 2.05) is 0 Å². The lowest BCUT2D eigenvalue weighted by Crippen LogP contribution is -2.44. The number of rotatable bonds is 5. The molecule has 2 N–H and O–H groups in total.